The lowest BCUT2D eigenvalue weighted by Gasteiger charge is -2.16. The fourth-order valence-corrected chi connectivity index (χ4v) is 2.23. The molecule has 2 aromatic heterocycles. The number of imidazole rings is 1. The van der Waals surface area contributed by atoms with Crippen LogP contribution in [0.25, 0.3) is 11.2 Å². The maximum Gasteiger partial charge on any atom is 0.312 e. The van der Waals surface area contributed by atoms with Gasteiger partial charge >= 0.3 is 6.08 Å². The van der Waals surface area contributed by atoms with Gasteiger partial charge in [-0.25, -0.2) is 4.98 Å². The minimum Gasteiger partial charge on any atom is -0.396 e. The second-order valence-corrected chi connectivity index (χ2v) is 4.42. The minimum atomic E-state index is -0.867. The normalized spacial score (nSPS) is 13.1. The Bertz CT molecular complexity index is 539. The van der Waals surface area contributed by atoms with Crippen LogP contribution in [0.1, 0.15) is 32.2 Å². The first kappa shape index (κ1) is 13.2. The van der Waals surface area contributed by atoms with Crippen LogP contribution in [-0.2, 0) is 0 Å². The molecule has 0 fully saturated rings. The van der Waals surface area contributed by atoms with E-state index in [0.29, 0.717) is 17.6 Å². The van der Waals surface area contributed by atoms with E-state index in [1.54, 1.807) is 10.9 Å². The number of hydrogen-bond acceptors (Lipinski definition) is 4. The van der Waals surface area contributed by atoms with Crippen molar-refractivity contribution in [3.63, 3.8) is 0 Å². The van der Waals surface area contributed by atoms with Crippen molar-refractivity contribution in [1.29, 1.82) is 0 Å². The van der Waals surface area contributed by atoms with Gasteiger partial charge in [0.25, 0.3) is 0 Å². The van der Waals surface area contributed by atoms with Gasteiger partial charge in [0.2, 0.25) is 0 Å². The van der Waals surface area contributed by atoms with E-state index in [0.717, 1.165) is 12.8 Å². The van der Waals surface area contributed by atoms with E-state index in [1.165, 1.54) is 0 Å². The lowest BCUT2D eigenvalue weighted by molar-refractivity contribution is 0.253. The predicted molar refractivity (Wildman–Crippen MR) is 65.9 cm³/mol. The zero-order valence-corrected chi connectivity index (χ0v) is 10.7. The van der Waals surface area contributed by atoms with E-state index in [-0.39, 0.29) is 17.8 Å². The highest BCUT2D eigenvalue weighted by Crippen LogP contribution is 2.25. The van der Waals surface area contributed by atoms with Gasteiger partial charge in [0.05, 0.1) is 6.33 Å². The molecule has 7 heteroatoms. The molecule has 0 saturated heterocycles. The zero-order chi connectivity index (χ0) is 13.1. The summed E-state index contributed by atoms with van der Waals surface area (Å²) in [4.78, 5) is 11.3. The third kappa shape index (κ3) is 2.44. The molecule has 18 heavy (non-hydrogen) atoms. The smallest absolute Gasteiger partial charge is 0.312 e. The van der Waals surface area contributed by atoms with Gasteiger partial charge in [-0.05, 0) is 12.8 Å². The Labute approximate surface area is 109 Å². The molecule has 98 valence electrons. The van der Waals surface area contributed by atoms with Gasteiger partial charge in [0.15, 0.2) is 10.8 Å². The minimum absolute atomic E-state index is 0.00972. The van der Waals surface area contributed by atoms with Crippen LogP contribution in [-0.4, -0.2) is 31.2 Å². The van der Waals surface area contributed by atoms with E-state index in [2.05, 4.69) is 15.0 Å². The molecule has 0 bridgehead atoms. The average molecular weight is 273 g/mol. The summed E-state index contributed by atoms with van der Waals surface area (Å²) in [5.41, 5.74) is 0.761. The van der Waals surface area contributed by atoms with E-state index in [9.17, 15) is 4.39 Å². The quantitative estimate of drug-likeness (QED) is 0.670. The summed E-state index contributed by atoms with van der Waals surface area (Å²) in [6.45, 7) is 2.11. The molecular formula is C11H14ClFN4O. The molecule has 2 rings (SSSR count). The summed E-state index contributed by atoms with van der Waals surface area (Å²) in [5, 5.41) is 9.09. The van der Waals surface area contributed by atoms with Crippen molar-refractivity contribution in [2.75, 3.05) is 6.61 Å². The third-order valence-electron chi connectivity index (χ3n) is 2.83. The molecule has 0 aromatic carbocycles. The van der Waals surface area contributed by atoms with E-state index in [4.69, 9.17) is 16.7 Å². The molecule has 0 aliphatic rings. The van der Waals surface area contributed by atoms with Crippen LogP contribution in [0.4, 0.5) is 4.39 Å². The standard InChI is InChI=1S/C11H14ClFN4O/c1-2-3-7(4-5-18)17-6-14-8-9(12)15-11(13)16-10(8)17/h6-7,18H,2-5H2,1H3. The van der Waals surface area contributed by atoms with Crippen molar-refractivity contribution >= 4 is 22.8 Å². The number of fused-ring (bicyclic) bond motifs is 1. The Morgan fingerprint density at radius 2 is 2.22 bits per heavy atom. The average Bonchev–Trinajstić information content (AvgIpc) is 2.72. The fourth-order valence-electron chi connectivity index (χ4n) is 2.03. The van der Waals surface area contributed by atoms with Crippen LogP contribution in [0.5, 0.6) is 0 Å². The highest BCUT2D eigenvalue weighted by atomic mass is 35.5. The van der Waals surface area contributed by atoms with Gasteiger partial charge in [-0.2, -0.15) is 14.4 Å². The number of aromatic nitrogens is 4. The Morgan fingerprint density at radius 1 is 1.44 bits per heavy atom. The number of hydrogen-bond donors (Lipinski definition) is 1. The van der Waals surface area contributed by atoms with Crippen molar-refractivity contribution in [2.45, 2.75) is 32.2 Å². The first-order chi connectivity index (χ1) is 8.67. The number of aliphatic hydroxyl groups is 1. The maximum absolute atomic E-state index is 13.2. The Kier molecular flexibility index (Phi) is 4.08. The van der Waals surface area contributed by atoms with Crippen LogP contribution in [0.3, 0.4) is 0 Å². The number of aliphatic hydroxyl groups excluding tert-OH is 1. The second-order valence-electron chi connectivity index (χ2n) is 4.06. The summed E-state index contributed by atoms with van der Waals surface area (Å²) in [5.74, 6) is 0. The summed E-state index contributed by atoms with van der Waals surface area (Å²) in [6, 6.07) is 0.0374. The number of halogens is 2. The third-order valence-corrected chi connectivity index (χ3v) is 3.09. The lowest BCUT2D eigenvalue weighted by Crippen LogP contribution is -2.11. The zero-order valence-electron chi connectivity index (χ0n) is 9.98. The maximum atomic E-state index is 13.2. The van der Waals surface area contributed by atoms with E-state index >= 15 is 0 Å². The van der Waals surface area contributed by atoms with Gasteiger partial charge in [0, 0.05) is 12.6 Å². The van der Waals surface area contributed by atoms with Crippen molar-refractivity contribution in [3.8, 4) is 0 Å². The summed E-state index contributed by atoms with van der Waals surface area (Å²) in [6.07, 6.45) is 3.08. The molecule has 0 aliphatic carbocycles. The van der Waals surface area contributed by atoms with Crippen molar-refractivity contribution in [3.05, 3.63) is 17.6 Å². The Morgan fingerprint density at radius 3 is 2.89 bits per heavy atom. The highest BCUT2D eigenvalue weighted by Gasteiger charge is 2.17. The lowest BCUT2D eigenvalue weighted by atomic mass is 10.1. The second kappa shape index (κ2) is 5.58. The highest BCUT2D eigenvalue weighted by molar-refractivity contribution is 6.33. The van der Waals surface area contributed by atoms with E-state index < -0.39 is 6.08 Å². The molecule has 0 spiro atoms. The first-order valence-electron chi connectivity index (χ1n) is 5.83. The number of nitrogens with zero attached hydrogens (tertiary/aromatic N) is 4. The van der Waals surface area contributed by atoms with Crippen LogP contribution in [0.2, 0.25) is 5.15 Å². The molecule has 1 atom stereocenters. The molecule has 2 heterocycles. The monoisotopic (exact) mass is 272 g/mol. The van der Waals surface area contributed by atoms with Crippen LogP contribution in [0, 0.1) is 6.08 Å². The molecule has 0 aliphatic heterocycles. The SMILES string of the molecule is CCCC(CCO)n1cnc2c(Cl)nc(F)nc21. The molecule has 0 radical (unpaired) electrons. The van der Waals surface area contributed by atoms with Crippen LogP contribution in [0.15, 0.2) is 6.33 Å². The first-order valence-corrected chi connectivity index (χ1v) is 6.21. The Hall–Kier alpha value is -1.27. The molecule has 1 unspecified atom stereocenters. The van der Waals surface area contributed by atoms with Crippen molar-refractivity contribution in [1.82, 2.24) is 19.5 Å². The molecule has 1 N–H and O–H groups in total. The molecule has 0 amide bonds. The van der Waals surface area contributed by atoms with Crippen LogP contribution >= 0.6 is 11.6 Å². The van der Waals surface area contributed by atoms with Gasteiger partial charge in [-0.3, -0.25) is 0 Å². The fraction of sp³-hybridized carbons (Fsp3) is 0.545. The van der Waals surface area contributed by atoms with Crippen molar-refractivity contribution in [2.24, 2.45) is 0 Å². The summed E-state index contributed by atoms with van der Waals surface area (Å²) < 4.78 is 14.9. The van der Waals surface area contributed by atoms with Crippen molar-refractivity contribution < 1.29 is 9.50 Å². The topological polar surface area (TPSA) is 63.8 Å². The predicted octanol–water partition coefficient (Wildman–Crippen LogP) is 2.34. The Balaban J connectivity index is 2.49. The van der Waals surface area contributed by atoms with Gasteiger partial charge in [0.1, 0.15) is 5.52 Å². The van der Waals surface area contributed by atoms with Gasteiger partial charge in [-0.1, -0.05) is 24.9 Å². The molecule has 5 nitrogen and oxygen atoms in total. The molecular weight excluding hydrogens is 259 g/mol. The summed E-state index contributed by atoms with van der Waals surface area (Å²) in [7, 11) is 0. The largest absolute Gasteiger partial charge is 0.396 e. The van der Waals surface area contributed by atoms with E-state index in [1.807, 2.05) is 6.92 Å². The molecule has 0 saturated carbocycles. The number of rotatable bonds is 5. The van der Waals surface area contributed by atoms with Crippen LogP contribution < -0.4 is 0 Å². The van der Waals surface area contributed by atoms with Gasteiger partial charge in [-0.15, -0.1) is 0 Å². The van der Waals surface area contributed by atoms with Gasteiger partial charge < -0.3 is 9.67 Å². The molecule has 2 aromatic rings. The summed E-state index contributed by atoms with van der Waals surface area (Å²) >= 11 is 5.82.